The number of hydrogen-bond acceptors (Lipinski definition) is 6. The van der Waals surface area contributed by atoms with Gasteiger partial charge in [0.15, 0.2) is 6.29 Å². The zero-order valence-electron chi connectivity index (χ0n) is 9.12. The van der Waals surface area contributed by atoms with Crippen LogP contribution in [-0.2, 0) is 4.74 Å². The Hall–Kier alpha value is 6.97. The Balaban J connectivity index is -0.0000000960. The van der Waals surface area contributed by atoms with Crippen molar-refractivity contribution in [3.05, 3.63) is 0 Å². The summed E-state index contributed by atoms with van der Waals surface area (Å²) in [7, 11) is 0. The average Bonchev–Trinajstić information content (AvgIpc) is 2.08. The van der Waals surface area contributed by atoms with E-state index in [-0.39, 0.29) is 220 Å². The largest absolute Gasteiger partial charge is 0.394 e. The molecular formula is C6H12Ac5O6. The number of ether oxygens (including phenoxy) is 1. The van der Waals surface area contributed by atoms with E-state index >= 15 is 0 Å². The fourth-order valence-corrected chi connectivity index (χ4v) is 1.08. The first-order valence-corrected chi connectivity index (χ1v) is 3.56. The summed E-state index contributed by atoms with van der Waals surface area (Å²) in [6, 6.07) is 0. The molecule has 1 rings (SSSR count). The Bertz CT molecular complexity index is 161. The first-order chi connectivity index (χ1) is 5.57. The molecular weight excluding hydrogens is 1300 g/mol. The smallest absolute Gasteiger partial charge is 0.184 e. The van der Waals surface area contributed by atoms with Crippen LogP contribution in [0.2, 0.25) is 0 Å². The summed E-state index contributed by atoms with van der Waals surface area (Å²) in [5.74, 6) is 0. The Morgan fingerprint density at radius 3 is 1.47 bits per heavy atom. The zero-order valence-corrected chi connectivity index (χ0v) is 32.9. The van der Waals surface area contributed by atoms with Gasteiger partial charge in [0.1, 0.15) is 24.4 Å². The van der Waals surface area contributed by atoms with Crippen LogP contribution in [0.1, 0.15) is 0 Å². The van der Waals surface area contributed by atoms with Gasteiger partial charge in [0.2, 0.25) is 0 Å². The maximum Gasteiger partial charge on any atom is 0.184 e. The minimum absolute atomic E-state index is 0. The van der Waals surface area contributed by atoms with Crippen LogP contribution in [0.25, 0.3) is 0 Å². The molecule has 1 aliphatic heterocycles. The third-order valence-corrected chi connectivity index (χ3v) is 1.87. The van der Waals surface area contributed by atoms with Crippen molar-refractivity contribution in [3.63, 3.8) is 0 Å². The average molecular weight is 1320 g/mol. The topological polar surface area (TPSA) is 110 Å². The van der Waals surface area contributed by atoms with E-state index in [1.165, 1.54) is 0 Å². The first-order valence-electron chi connectivity index (χ1n) is 3.56. The van der Waals surface area contributed by atoms with Gasteiger partial charge in [-0.3, -0.25) is 0 Å². The number of aliphatic hydroxyl groups excluding tert-OH is 5. The van der Waals surface area contributed by atoms with Crippen LogP contribution in [0.3, 0.4) is 0 Å². The molecule has 5 atom stereocenters. The maximum atomic E-state index is 9.12. The Morgan fingerprint density at radius 1 is 0.706 bits per heavy atom. The molecule has 87 valence electrons. The molecule has 0 aromatic carbocycles. The van der Waals surface area contributed by atoms with Gasteiger partial charge < -0.3 is 30.3 Å². The molecule has 0 saturated carbocycles. The van der Waals surface area contributed by atoms with Crippen LogP contribution in [0, 0.1) is 220 Å². The molecule has 6 nitrogen and oxygen atoms in total. The summed E-state index contributed by atoms with van der Waals surface area (Å²) < 4.78 is 4.58. The Kier molecular flexibility index (Phi) is 39.9. The summed E-state index contributed by atoms with van der Waals surface area (Å²) in [6.07, 6.45) is -7.04. The molecule has 1 aliphatic rings. The molecule has 0 spiro atoms. The van der Waals surface area contributed by atoms with Crippen LogP contribution >= 0.6 is 0 Å². The van der Waals surface area contributed by atoms with E-state index in [4.69, 9.17) is 25.5 Å². The van der Waals surface area contributed by atoms with Crippen molar-refractivity contribution in [2.75, 3.05) is 6.61 Å². The van der Waals surface area contributed by atoms with Crippen LogP contribution in [0.15, 0.2) is 0 Å². The van der Waals surface area contributed by atoms with Crippen molar-refractivity contribution in [2.24, 2.45) is 0 Å². The monoisotopic (exact) mass is 1320 g/mol. The van der Waals surface area contributed by atoms with Crippen molar-refractivity contribution in [2.45, 2.75) is 30.7 Å². The number of rotatable bonds is 1. The molecule has 0 aromatic rings. The van der Waals surface area contributed by atoms with E-state index in [0.29, 0.717) is 0 Å². The van der Waals surface area contributed by atoms with Crippen LogP contribution in [-0.4, -0.2) is 62.8 Å². The molecule has 0 aliphatic carbocycles. The Morgan fingerprint density at radius 2 is 1.12 bits per heavy atom. The van der Waals surface area contributed by atoms with Gasteiger partial charge in [0.25, 0.3) is 0 Å². The molecule has 1 fully saturated rings. The van der Waals surface area contributed by atoms with Crippen molar-refractivity contribution in [1.82, 2.24) is 0 Å². The second-order valence-corrected chi connectivity index (χ2v) is 2.72. The normalized spacial score (nSPS) is 34.8. The van der Waals surface area contributed by atoms with Gasteiger partial charge in [0.05, 0.1) is 6.61 Å². The van der Waals surface area contributed by atoms with Gasteiger partial charge in [-0.2, -0.15) is 0 Å². The summed E-state index contributed by atoms with van der Waals surface area (Å²) in [5, 5.41) is 44.7. The third-order valence-electron chi connectivity index (χ3n) is 1.87. The molecule has 0 bridgehead atoms. The van der Waals surface area contributed by atoms with Gasteiger partial charge in [-0.15, -0.1) is 0 Å². The van der Waals surface area contributed by atoms with E-state index in [1.54, 1.807) is 0 Å². The van der Waals surface area contributed by atoms with Gasteiger partial charge in [-0.25, -0.2) is 0 Å². The molecule has 1 heterocycles. The minimum atomic E-state index is -1.57. The molecule has 5 radical (unpaired) electrons. The Labute approximate surface area is 279 Å². The molecule has 5 N–H and O–H groups in total. The van der Waals surface area contributed by atoms with E-state index in [9.17, 15) is 0 Å². The molecule has 11 heteroatoms. The molecule has 17 heavy (non-hydrogen) atoms. The van der Waals surface area contributed by atoms with E-state index < -0.39 is 37.3 Å². The quantitative estimate of drug-likeness (QED) is 0.190. The molecule has 3 unspecified atom stereocenters. The summed E-state index contributed by atoms with van der Waals surface area (Å²) in [5.41, 5.74) is 0. The second-order valence-electron chi connectivity index (χ2n) is 2.72. The SMILES string of the molecule is OCC1O[C@@H](O)C(O)C(O)[C@H]1O.[Ac].[Ac].[Ac].[Ac].[Ac]. The second kappa shape index (κ2) is 19.3. The van der Waals surface area contributed by atoms with Crippen molar-refractivity contribution in [3.8, 4) is 0 Å². The van der Waals surface area contributed by atoms with Crippen LogP contribution < -0.4 is 0 Å². The van der Waals surface area contributed by atoms with Gasteiger partial charge in [-0.1, -0.05) is 0 Å². The molecule has 1 saturated heterocycles. The first kappa shape index (κ1) is 35.1. The molecule has 0 amide bonds. The zero-order chi connectivity index (χ0) is 9.30. The van der Waals surface area contributed by atoms with E-state index in [2.05, 4.69) is 4.74 Å². The minimum Gasteiger partial charge on any atom is -0.394 e. The third kappa shape index (κ3) is 12.0. The van der Waals surface area contributed by atoms with Crippen LogP contribution in [0.5, 0.6) is 0 Å². The predicted octanol–water partition coefficient (Wildman–Crippen LogP) is -3.22. The van der Waals surface area contributed by atoms with E-state index in [1.807, 2.05) is 0 Å². The van der Waals surface area contributed by atoms with E-state index in [0.717, 1.165) is 0 Å². The van der Waals surface area contributed by atoms with Gasteiger partial charge in [0, 0.05) is 220 Å². The van der Waals surface area contributed by atoms with Crippen molar-refractivity contribution in [1.29, 1.82) is 0 Å². The van der Waals surface area contributed by atoms with Crippen LogP contribution in [0.4, 0.5) is 0 Å². The number of aliphatic hydroxyl groups is 5. The maximum absolute atomic E-state index is 9.12. The van der Waals surface area contributed by atoms with Crippen molar-refractivity contribution >= 4 is 0 Å². The fourth-order valence-electron chi connectivity index (χ4n) is 1.08. The van der Waals surface area contributed by atoms with Crippen molar-refractivity contribution < 1.29 is 251 Å². The number of hydrogen-bond donors (Lipinski definition) is 5. The van der Waals surface area contributed by atoms with Gasteiger partial charge in [-0.05, 0) is 0 Å². The fraction of sp³-hybridized carbons (Fsp3) is 1.00. The predicted molar refractivity (Wildman–Crippen MR) is 36.0 cm³/mol. The molecule has 0 aromatic heterocycles. The summed E-state index contributed by atoms with van der Waals surface area (Å²) in [6.45, 7) is -0.526. The standard InChI is InChI=1S/C6H12O6.5Ac/c7-1-2-3(8)4(9)5(10)6(11)12-2;;;;;/h2-11H,1H2;;;;;/t2?,3-,4?,5?,6+;;;;;/m0...../s1. The summed E-state index contributed by atoms with van der Waals surface area (Å²) >= 11 is 0. The summed E-state index contributed by atoms with van der Waals surface area (Å²) in [4.78, 5) is 0. The van der Waals surface area contributed by atoms with Gasteiger partial charge >= 0.3 is 0 Å².